The summed E-state index contributed by atoms with van der Waals surface area (Å²) in [5.41, 5.74) is 0.904. The SMILES string of the molecule is COc1ncc(Cl)cc1C=CCCBr. The fourth-order valence-corrected chi connectivity index (χ4v) is 1.44. The molecule has 14 heavy (non-hydrogen) atoms. The van der Waals surface area contributed by atoms with E-state index in [4.69, 9.17) is 16.3 Å². The highest BCUT2D eigenvalue weighted by Crippen LogP contribution is 2.20. The average Bonchev–Trinajstić information content (AvgIpc) is 2.19. The van der Waals surface area contributed by atoms with E-state index in [0.717, 1.165) is 17.3 Å². The second-order valence-electron chi connectivity index (χ2n) is 2.63. The Bertz CT molecular complexity index is 328. The summed E-state index contributed by atoms with van der Waals surface area (Å²) >= 11 is 9.17. The van der Waals surface area contributed by atoms with E-state index in [2.05, 4.69) is 20.9 Å². The van der Waals surface area contributed by atoms with Crippen molar-refractivity contribution in [1.29, 1.82) is 0 Å². The molecule has 1 aromatic heterocycles. The van der Waals surface area contributed by atoms with E-state index in [1.54, 1.807) is 13.3 Å². The summed E-state index contributed by atoms with van der Waals surface area (Å²) < 4.78 is 5.10. The molecule has 4 heteroatoms. The van der Waals surface area contributed by atoms with Crippen LogP contribution in [0.25, 0.3) is 6.08 Å². The summed E-state index contributed by atoms with van der Waals surface area (Å²) in [7, 11) is 1.60. The topological polar surface area (TPSA) is 22.1 Å². The van der Waals surface area contributed by atoms with Crippen LogP contribution >= 0.6 is 27.5 Å². The van der Waals surface area contributed by atoms with Crippen LogP contribution in [0.15, 0.2) is 18.3 Å². The van der Waals surface area contributed by atoms with Crippen molar-refractivity contribution in [2.45, 2.75) is 6.42 Å². The molecule has 0 aliphatic heterocycles. The molecule has 0 amide bonds. The Labute approximate surface area is 97.1 Å². The van der Waals surface area contributed by atoms with E-state index in [9.17, 15) is 0 Å². The maximum Gasteiger partial charge on any atom is 0.220 e. The predicted molar refractivity (Wildman–Crippen MR) is 63.2 cm³/mol. The zero-order valence-electron chi connectivity index (χ0n) is 7.84. The van der Waals surface area contributed by atoms with Gasteiger partial charge in [-0.1, -0.05) is 39.7 Å². The monoisotopic (exact) mass is 275 g/mol. The average molecular weight is 277 g/mol. The molecule has 0 fully saturated rings. The van der Waals surface area contributed by atoms with Crippen molar-refractivity contribution in [2.75, 3.05) is 12.4 Å². The molecule has 0 N–H and O–H groups in total. The number of aromatic nitrogens is 1. The number of pyridine rings is 1. The fraction of sp³-hybridized carbons (Fsp3) is 0.300. The molecule has 0 unspecified atom stereocenters. The minimum atomic E-state index is 0.597. The molecule has 1 rings (SSSR count). The van der Waals surface area contributed by atoms with Gasteiger partial charge >= 0.3 is 0 Å². The Kier molecular flexibility index (Phi) is 4.98. The van der Waals surface area contributed by atoms with Crippen LogP contribution in [0, 0.1) is 0 Å². The van der Waals surface area contributed by atoms with Gasteiger partial charge in [-0.25, -0.2) is 4.98 Å². The van der Waals surface area contributed by atoms with E-state index in [1.807, 2.05) is 18.2 Å². The third kappa shape index (κ3) is 3.31. The van der Waals surface area contributed by atoms with Crippen molar-refractivity contribution in [3.63, 3.8) is 0 Å². The zero-order valence-corrected chi connectivity index (χ0v) is 10.2. The molecule has 0 spiro atoms. The van der Waals surface area contributed by atoms with Gasteiger partial charge in [0.05, 0.1) is 12.1 Å². The molecule has 0 saturated heterocycles. The number of nitrogens with zero attached hydrogens (tertiary/aromatic N) is 1. The van der Waals surface area contributed by atoms with Crippen LogP contribution in [0.3, 0.4) is 0 Å². The number of allylic oxidation sites excluding steroid dienone is 1. The molecule has 0 saturated carbocycles. The Hall–Kier alpha value is -0.540. The molecule has 0 radical (unpaired) electrons. The largest absolute Gasteiger partial charge is 0.481 e. The summed E-state index contributed by atoms with van der Waals surface area (Å²) in [5.74, 6) is 0.597. The summed E-state index contributed by atoms with van der Waals surface area (Å²) in [4.78, 5) is 4.06. The Morgan fingerprint density at radius 1 is 1.64 bits per heavy atom. The second kappa shape index (κ2) is 6.04. The van der Waals surface area contributed by atoms with E-state index in [0.29, 0.717) is 10.9 Å². The smallest absolute Gasteiger partial charge is 0.220 e. The van der Waals surface area contributed by atoms with E-state index in [-0.39, 0.29) is 0 Å². The van der Waals surface area contributed by atoms with Crippen LogP contribution in [0.1, 0.15) is 12.0 Å². The Balaban J connectivity index is 2.87. The van der Waals surface area contributed by atoms with E-state index < -0.39 is 0 Å². The first-order chi connectivity index (χ1) is 6.77. The van der Waals surface area contributed by atoms with Gasteiger partial charge in [-0.2, -0.15) is 0 Å². The third-order valence-corrected chi connectivity index (χ3v) is 2.28. The Morgan fingerprint density at radius 3 is 3.07 bits per heavy atom. The minimum absolute atomic E-state index is 0.597. The molecular weight excluding hydrogens is 265 g/mol. The lowest BCUT2D eigenvalue weighted by Gasteiger charge is -2.02. The molecule has 0 aliphatic rings. The van der Waals surface area contributed by atoms with Crippen LogP contribution in [-0.2, 0) is 0 Å². The van der Waals surface area contributed by atoms with Crippen molar-refractivity contribution in [2.24, 2.45) is 0 Å². The quantitative estimate of drug-likeness (QED) is 0.785. The summed E-state index contributed by atoms with van der Waals surface area (Å²) in [6.07, 6.45) is 6.54. The highest BCUT2D eigenvalue weighted by molar-refractivity contribution is 9.09. The molecule has 76 valence electrons. The van der Waals surface area contributed by atoms with Crippen LogP contribution in [0.5, 0.6) is 5.88 Å². The van der Waals surface area contributed by atoms with Gasteiger partial charge in [0.15, 0.2) is 0 Å². The maximum absolute atomic E-state index is 5.83. The summed E-state index contributed by atoms with van der Waals surface area (Å²) in [6.45, 7) is 0. The van der Waals surface area contributed by atoms with Gasteiger partial charge in [0.1, 0.15) is 0 Å². The van der Waals surface area contributed by atoms with Gasteiger partial charge < -0.3 is 4.74 Å². The van der Waals surface area contributed by atoms with Crippen molar-refractivity contribution >= 4 is 33.6 Å². The molecule has 0 atom stereocenters. The van der Waals surface area contributed by atoms with Crippen LogP contribution < -0.4 is 4.74 Å². The number of ether oxygens (including phenoxy) is 1. The van der Waals surface area contributed by atoms with Crippen molar-refractivity contribution in [3.8, 4) is 5.88 Å². The van der Waals surface area contributed by atoms with Crippen LogP contribution in [0.2, 0.25) is 5.02 Å². The molecule has 0 aliphatic carbocycles. The molecule has 0 aromatic carbocycles. The number of alkyl halides is 1. The molecule has 0 bridgehead atoms. The molecule has 1 aromatic rings. The van der Waals surface area contributed by atoms with Gasteiger partial charge in [-0.3, -0.25) is 0 Å². The van der Waals surface area contributed by atoms with Gasteiger partial charge in [0.25, 0.3) is 0 Å². The van der Waals surface area contributed by atoms with Gasteiger partial charge in [-0.15, -0.1) is 0 Å². The number of rotatable bonds is 4. The van der Waals surface area contributed by atoms with Gasteiger partial charge in [0.2, 0.25) is 5.88 Å². The molecule has 1 heterocycles. The van der Waals surface area contributed by atoms with Crippen molar-refractivity contribution in [1.82, 2.24) is 4.98 Å². The standard InChI is InChI=1S/C10H11BrClNO/c1-14-10-8(4-2-3-5-11)6-9(12)7-13-10/h2,4,6-7H,3,5H2,1H3. The lowest BCUT2D eigenvalue weighted by molar-refractivity contribution is 0.397. The number of hydrogen-bond acceptors (Lipinski definition) is 2. The molecule has 2 nitrogen and oxygen atoms in total. The summed E-state index contributed by atoms with van der Waals surface area (Å²) in [5, 5.41) is 1.56. The lowest BCUT2D eigenvalue weighted by atomic mass is 10.2. The zero-order chi connectivity index (χ0) is 10.4. The fourth-order valence-electron chi connectivity index (χ4n) is 1.01. The van der Waals surface area contributed by atoms with E-state index in [1.165, 1.54) is 0 Å². The lowest BCUT2D eigenvalue weighted by Crippen LogP contribution is -1.90. The van der Waals surface area contributed by atoms with Crippen molar-refractivity contribution < 1.29 is 4.74 Å². The number of halogens is 2. The maximum atomic E-state index is 5.83. The van der Waals surface area contributed by atoms with Crippen LogP contribution in [0.4, 0.5) is 0 Å². The third-order valence-electron chi connectivity index (χ3n) is 1.61. The summed E-state index contributed by atoms with van der Waals surface area (Å²) in [6, 6.07) is 1.83. The van der Waals surface area contributed by atoms with Crippen LogP contribution in [-0.4, -0.2) is 17.4 Å². The normalized spacial score (nSPS) is 10.8. The molecular formula is C10H11BrClNO. The van der Waals surface area contributed by atoms with Gasteiger partial charge in [-0.05, 0) is 12.5 Å². The number of methoxy groups -OCH3 is 1. The first-order valence-corrected chi connectivity index (χ1v) is 5.70. The highest BCUT2D eigenvalue weighted by atomic mass is 79.9. The van der Waals surface area contributed by atoms with Gasteiger partial charge in [0, 0.05) is 17.1 Å². The van der Waals surface area contributed by atoms with Crippen molar-refractivity contribution in [3.05, 3.63) is 28.9 Å². The Morgan fingerprint density at radius 2 is 2.43 bits per heavy atom. The highest BCUT2D eigenvalue weighted by Gasteiger charge is 2.01. The minimum Gasteiger partial charge on any atom is -0.481 e. The first-order valence-electron chi connectivity index (χ1n) is 4.20. The number of hydrogen-bond donors (Lipinski definition) is 0. The van der Waals surface area contributed by atoms with E-state index >= 15 is 0 Å². The first kappa shape index (κ1) is 11.5. The second-order valence-corrected chi connectivity index (χ2v) is 3.86. The predicted octanol–water partition coefficient (Wildman–Crippen LogP) is 3.54.